The molecule has 2 heteroatoms. The Kier molecular flexibility index (Phi) is 3.31. The third kappa shape index (κ3) is 2.73. The Morgan fingerprint density at radius 2 is 2.08 bits per heavy atom. The minimum atomic E-state index is -0.0785. The Morgan fingerprint density at radius 1 is 1.42 bits per heavy atom. The maximum Gasteiger partial charge on any atom is 0.0927 e. The van der Waals surface area contributed by atoms with E-state index in [1.54, 1.807) is 0 Å². The molecule has 0 fully saturated rings. The van der Waals surface area contributed by atoms with Gasteiger partial charge in [0.2, 0.25) is 0 Å². The standard InChI is InChI=1S/C10H12N2/c1-9(7-11)12-8-10-5-3-2-4-6-10/h2-6,9,12H,8H2,1H3/t9-/m1/s1. The maximum absolute atomic E-state index is 8.50. The van der Waals surface area contributed by atoms with Gasteiger partial charge in [0.05, 0.1) is 12.1 Å². The lowest BCUT2D eigenvalue weighted by molar-refractivity contribution is 0.642. The van der Waals surface area contributed by atoms with Gasteiger partial charge >= 0.3 is 0 Å². The van der Waals surface area contributed by atoms with E-state index in [2.05, 4.69) is 11.4 Å². The van der Waals surface area contributed by atoms with Gasteiger partial charge in [-0.15, -0.1) is 0 Å². The highest BCUT2D eigenvalue weighted by Crippen LogP contribution is 1.97. The largest absolute Gasteiger partial charge is 0.298 e. The normalized spacial score (nSPS) is 12.0. The van der Waals surface area contributed by atoms with Gasteiger partial charge in [-0.2, -0.15) is 5.26 Å². The van der Waals surface area contributed by atoms with Crippen LogP contribution >= 0.6 is 0 Å². The van der Waals surface area contributed by atoms with Crippen LogP contribution in [0.2, 0.25) is 0 Å². The topological polar surface area (TPSA) is 35.8 Å². The number of benzene rings is 1. The number of nitrogens with zero attached hydrogens (tertiary/aromatic N) is 1. The summed E-state index contributed by atoms with van der Waals surface area (Å²) in [6.07, 6.45) is 0. The first kappa shape index (κ1) is 8.76. The second-order valence-electron chi connectivity index (χ2n) is 2.72. The minimum Gasteiger partial charge on any atom is -0.298 e. The summed E-state index contributed by atoms with van der Waals surface area (Å²) in [7, 11) is 0. The first-order chi connectivity index (χ1) is 5.83. The molecular weight excluding hydrogens is 148 g/mol. The summed E-state index contributed by atoms with van der Waals surface area (Å²) in [6.45, 7) is 2.61. The Morgan fingerprint density at radius 3 is 2.67 bits per heavy atom. The third-order valence-corrected chi connectivity index (χ3v) is 1.65. The quantitative estimate of drug-likeness (QED) is 0.730. The molecule has 0 aromatic heterocycles. The molecule has 0 aliphatic heterocycles. The molecule has 62 valence electrons. The summed E-state index contributed by atoms with van der Waals surface area (Å²) in [5.41, 5.74) is 1.21. The van der Waals surface area contributed by atoms with Crippen LogP contribution in [0.3, 0.4) is 0 Å². The predicted molar refractivity (Wildman–Crippen MR) is 48.4 cm³/mol. The molecule has 0 aliphatic rings. The smallest absolute Gasteiger partial charge is 0.0927 e. The third-order valence-electron chi connectivity index (χ3n) is 1.65. The summed E-state index contributed by atoms with van der Waals surface area (Å²) >= 11 is 0. The van der Waals surface area contributed by atoms with Gasteiger partial charge in [0.15, 0.2) is 0 Å². The van der Waals surface area contributed by atoms with Crippen molar-refractivity contribution >= 4 is 0 Å². The lowest BCUT2D eigenvalue weighted by Gasteiger charge is -2.04. The highest BCUT2D eigenvalue weighted by Gasteiger charge is 1.96. The average Bonchev–Trinajstić information content (AvgIpc) is 2.16. The van der Waals surface area contributed by atoms with Crippen LogP contribution in [-0.2, 0) is 6.54 Å². The van der Waals surface area contributed by atoms with Crippen LogP contribution in [0.15, 0.2) is 30.3 Å². The van der Waals surface area contributed by atoms with E-state index >= 15 is 0 Å². The van der Waals surface area contributed by atoms with Crippen LogP contribution < -0.4 is 5.32 Å². The fourth-order valence-corrected chi connectivity index (χ4v) is 0.912. The SMILES string of the molecule is C[C@H](C#N)NCc1ccccc1. The summed E-state index contributed by atoms with van der Waals surface area (Å²) in [5.74, 6) is 0. The first-order valence-corrected chi connectivity index (χ1v) is 4.00. The van der Waals surface area contributed by atoms with Gasteiger partial charge in [0.25, 0.3) is 0 Å². The molecule has 1 atom stereocenters. The molecular formula is C10H12N2. The first-order valence-electron chi connectivity index (χ1n) is 4.00. The number of nitriles is 1. The van der Waals surface area contributed by atoms with Crippen LogP contribution in [0.5, 0.6) is 0 Å². The van der Waals surface area contributed by atoms with E-state index in [0.717, 1.165) is 6.54 Å². The summed E-state index contributed by atoms with van der Waals surface area (Å²) in [6, 6.07) is 12.1. The summed E-state index contributed by atoms with van der Waals surface area (Å²) < 4.78 is 0. The molecule has 0 saturated heterocycles. The molecule has 0 unspecified atom stereocenters. The Labute approximate surface area is 72.8 Å². The van der Waals surface area contributed by atoms with Gasteiger partial charge in [-0.1, -0.05) is 30.3 Å². The number of hydrogen-bond donors (Lipinski definition) is 1. The van der Waals surface area contributed by atoms with Crippen molar-refractivity contribution in [2.24, 2.45) is 0 Å². The van der Waals surface area contributed by atoms with Crippen LogP contribution in [0.4, 0.5) is 0 Å². The molecule has 1 aromatic rings. The Balaban J connectivity index is 2.40. The van der Waals surface area contributed by atoms with Gasteiger partial charge < -0.3 is 0 Å². The van der Waals surface area contributed by atoms with Gasteiger partial charge in [0.1, 0.15) is 0 Å². The van der Waals surface area contributed by atoms with Gasteiger partial charge in [0, 0.05) is 6.54 Å². The van der Waals surface area contributed by atoms with E-state index < -0.39 is 0 Å². The molecule has 0 aliphatic carbocycles. The van der Waals surface area contributed by atoms with E-state index in [1.165, 1.54) is 5.56 Å². The number of rotatable bonds is 3. The molecule has 0 amide bonds. The van der Waals surface area contributed by atoms with Crippen molar-refractivity contribution in [3.8, 4) is 6.07 Å². The molecule has 12 heavy (non-hydrogen) atoms. The van der Waals surface area contributed by atoms with E-state index in [9.17, 15) is 0 Å². The zero-order valence-electron chi connectivity index (χ0n) is 7.12. The highest BCUT2D eigenvalue weighted by atomic mass is 14.9. The lowest BCUT2D eigenvalue weighted by atomic mass is 10.2. The highest BCUT2D eigenvalue weighted by molar-refractivity contribution is 5.14. The summed E-state index contributed by atoms with van der Waals surface area (Å²) in [5, 5.41) is 11.6. The van der Waals surface area contributed by atoms with Gasteiger partial charge in [-0.3, -0.25) is 5.32 Å². The maximum atomic E-state index is 8.50. The summed E-state index contributed by atoms with van der Waals surface area (Å²) in [4.78, 5) is 0. The van der Waals surface area contributed by atoms with Crippen LogP contribution in [-0.4, -0.2) is 6.04 Å². The van der Waals surface area contributed by atoms with Crippen LogP contribution in [0.1, 0.15) is 12.5 Å². The molecule has 0 heterocycles. The van der Waals surface area contributed by atoms with Crippen molar-refractivity contribution in [3.05, 3.63) is 35.9 Å². The van der Waals surface area contributed by atoms with Crippen LogP contribution in [0.25, 0.3) is 0 Å². The van der Waals surface area contributed by atoms with E-state index in [-0.39, 0.29) is 6.04 Å². The molecule has 1 N–H and O–H groups in total. The zero-order chi connectivity index (χ0) is 8.81. The van der Waals surface area contributed by atoms with Crippen molar-refractivity contribution in [1.82, 2.24) is 5.32 Å². The van der Waals surface area contributed by atoms with E-state index in [4.69, 9.17) is 5.26 Å². The van der Waals surface area contributed by atoms with E-state index in [1.807, 2.05) is 37.3 Å². The average molecular weight is 160 g/mol. The minimum absolute atomic E-state index is 0.0785. The molecule has 1 rings (SSSR count). The molecule has 2 nitrogen and oxygen atoms in total. The Hall–Kier alpha value is -1.33. The Bertz CT molecular complexity index is 261. The molecule has 1 aromatic carbocycles. The number of hydrogen-bond acceptors (Lipinski definition) is 2. The second-order valence-corrected chi connectivity index (χ2v) is 2.72. The van der Waals surface area contributed by atoms with Crippen molar-refractivity contribution < 1.29 is 0 Å². The number of nitrogens with one attached hydrogen (secondary N) is 1. The van der Waals surface area contributed by atoms with Crippen molar-refractivity contribution in [2.45, 2.75) is 19.5 Å². The molecule has 0 radical (unpaired) electrons. The van der Waals surface area contributed by atoms with Crippen molar-refractivity contribution in [3.63, 3.8) is 0 Å². The predicted octanol–water partition coefficient (Wildman–Crippen LogP) is 1.69. The monoisotopic (exact) mass is 160 g/mol. The zero-order valence-corrected chi connectivity index (χ0v) is 7.12. The van der Waals surface area contributed by atoms with Crippen molar-refractivity contribution in [1.29, 1.82) is 5.26 Å². The molecule has 0 saturated carbocycles. The second kappa shape index (κ2) is 4.53. The fourth-order valence-electron chi connectivity index (χ4n) is 0.912. The van der Waals surface area contributed by atoms with E-state index in [0.29, 0.717) is 0 Å². The van der Waals surface area contributed by atoms with Gasteiger partial charge in [-0.25, -0.2) is 0 Å². The van der Waals surface area contributed by atoms with Gasteiger partial charge in [-0.05, 0) is 12.5 Å². The van der Waals surface area contributed by atoms with Crippen LogP contribution in [0, 0.1) is 11.3 Å². The molecule has 0 bridgehead atoms. The van der Waals surface area contributed by atoms with Crippen molar-refractivity contribution in [2.75, 3.05) is 0 Å². The molecule has 0 spiro atoms. The lowest BCUT2D eigenvalue weighted by Crippen LogP contribution is -2.23. The fraction of sp³-hybridized carbons (Fsp3) is 0.300.